The van der Waals surface area contributed by atoms with Crippen LogP contribution < -0.4 is 0 Å². The van der Waals surface area contributed by atoms with Gasteiger partial charge in [-0.2, -0.15) is 0 Å². The van der Waals surface area contributed by atoms with Gasteiger partial charge in [-0.05, 0) is 116 Å². The molecule has 0 aromatic carbocycles. The van der Waals surface area contributed by atoms with Crippen LogP contribution >= 0.6 is 0 Å². The zero-order chi connectivity index (χ0) is 29.3. The first-order chi connectivity index (χ1) is 18.7. The van der Waals surface area contributed by atoms with Crippen molar-refractivity contribution in [3.8, 4) is 0 Å². The molecule has 0 aliphatic heterocycles. The number of hydrogen-bond donors (Lipinski definition) is 2. The molecule has 0 spiro atoms. The van der Waals surface area contributed by atoms with E-state index in [0.29, 0.717) is 36.9 Å². The van der Waals surface area contributed by atoms with Crippen molar-refractivity contribution in [3.05, 3.63) is 12.2 Å². The Morgan fingerprint density at radius 3 is 2.20 bits per heavy atom. The second-order valence-corrected chi connectivity index (χ2v) is 15.5. The van der Waals surface area contributed by atoms with E-state index in [1.54, 1.807) is 0 Å². The van der Waals surface area contributed by atoms with Gasteiger partial charge in [-0.3, -0.25) is 9.59 Å². The summed E-state index contributed by atoms with van der Waals surface area (Å²) in [6, 6.07) is 0. The summed E-state index contributed by atoms with van der Waals surface area (Å²) in [5.41, 5.74) is 1.67. The molecule has 0 heterocycles. The van der Waals surface area contributed by atoms with E-state index in [9.17, 15) is 14.7 Å². The standard InChI is InChI=1S/C34H53NO5/c1-21(18-36)24-10-15-34(20-40-23(3)38)17-16-32(6)25(29(24)34)8-9-27-30(4)13-12-28(35)31(5,19-39-22(2)37)26(30)11-14-33(27,32)7/h24-27,29,35-36H,1,8-20H2,2-7H3/t24-,25+,26+,27+,29+,30-,31?,32+,33+,34+/m0/s1. The van der Waals surface area contributed by atoms with Crippen LogP contribution in [0.1, 0.15) is 106 Å². The van der Waals surface area contributed by atoms with Crippen LogP contribution in [-0.4, -0.2) is 42.6 Å². The highest BCUT2D eigenvalue weighted by Gasteiger charge is 2.71. The Morgan fingerprint density at radius 1 is 0.875 bits per heavy atom. The van der Waals surface area contributed by atoms with Crippen LogP contribution in [0.3, 0.4) is 0 Å². The van der Waals surface area contributed by atoms with Gasteiger partial charge in [0.1, 0.15) is 6.61 Å². The fourth-order valence-corrected chi connectivity index (χ4v) is 11.9. The molecule has 0 aromatic rings. The maximum absolute atomic E-state index is 11.9. The highest BCUT2D eigenvalue weighted by molar-refractivity contribution is 5.89. The second-order valence-electron chi connectivity index (χ2n) is 15.5. The largest absolute Gasteiger partial charge is 0.465 e. The van der Waals surface area contributed by atoms with Crippen molar-refractivity contribution in [1.29, 1.82) is 5.41 Å². The topological polar surface area (TPSA) is 96.7 Å². The molecule has 5 rings (SSSR count). The molecule has 224 valence electrons. The summed E-state index contributed by atoms with van der Waals surface area (Å²) in [4.78, 5) is 23.7. The Bertz CT molecular complexity index is 1090. The Labute approximate surface area is 241 Å². The van der Waals surface area contributed by atoms with Gasteiger partial charge in [-0.15, -0.1) is 0 Å². The van der Waals surface area contributed by atoms with Gasteiger partial charge in [-0.25, -0.2) is 0 Å². The molecule has 0 aromatic heterocycles. The smallest absolute Gasteiger partial charge is 0.302 e. The predicted octanol–water partition coefficient (Wildman–Crippen LogP) is 6.74. The number of fused-ring (bicyclic) bond motifs is 7. The normalized spacial score (nSPS) is 47.8. The average Bonchev–Trinajstić information content (AvgIpc) is 3.29. The highest BCUT2D eigenvalue weighted by Crippen LogP contribution is 2.77. The van der Waals surface area contributed by atoms with Gasteiger partial charge in [0.05, 0.1) is 13.2 Å². The minimum Gasteiger partial charge on any atom is -0.465 e. The molecule has 0 saturated heterocycles. The molecule has 1 unspecified atom stereocenters. The monoisotopic (exact) mass is 555 g/mol. The van der Waals surface area contributed by atoms with Crippen molar-refractivity contribution in [2.45, 2.75) is 106 Å². The van der Waals surface area contributed by atoms with E-state index < -0.39 is 5.41 Å². The molecule has 5 aliphatic rings. The number of nitrogens with one attached hydrogen (secondary N) is 1. The minimum atomic E-state index is -0.404. The number of aliphatic hydroxyl groups excluding tert-OH is 1. The molecule has 0 bridgehead atoms. The summed E-state index contributed by atoms with van der Waals surface area (Å²) < 4.78 is 11.4. The van der Waals surface area contributed by atoms with E-state index in [2.05, 4.69) is 34.3 Å². The second kappa shape index (κ2) is 9.95. The number of hydrogen-bond acceptors (Lipinski definition) is 6. The number of ether oxygens (including phenoxy) is 2. The van der Waals surface area contributed by atoms with E-state index >= 15 is 0 Å². The van der Waals surface area contributed by atoms with Gasteiger partial charge in [0, 0.05) is 30.4 Å². The van der Waals surface area contributed by atoms with Gasteiger partial charge in [0.2, 0.25) is 0 Å². The molecule has 5 saturated carbocycles. The van der Waals surface area contributed by atoms with E-state index in [1.807, 2.05) is 0 Å². The summed E-state index contributed by atoms with van der Waals surface area (Å²) in [7, 11) is 0. The molecule has 0 amide bonds. The number of carbonyl (C=O) groups is 2. The zero-order valence-electron chi connectivity index (χ0n) is 25.9. The molecule has 2 N–H and O–H groups in total. The number of aliphatic hydroxyl groups is 1. The lowest BCUT2D eigenvalue weighted by molar-refractivity contribution is -0.234. The Hall–Kier alpha value is -1.69. The number of esters is 2. The van der Waals surface area contributed by atoms with Crippen molar-refractivity contribution in [2.75, 3.05) is 19.8 Å². The van der Waals surface area contributed by atoms with Crippen molar-refractivity contribution in [3.63, 3.8) is 0 Å². The number of carbonyl (C=O) groups excluding carboxylic acids is 2. The minimum absolute atomic E-state index is 0.0224. The van der Waals surface area contributed by atoms with E-state index in [1.165, 1.54) is 20.3 Å². The van der Waals surface area contributed by atoms with Crippen LogP contribution in [-0.2, 0) is 19.1 Å². The van der Waals surface area contributed by atoms with Crippen molar-refractivity contribution in [1.82, 2.24) is 0 Å². The van der Waals surface area contributed by atoms with E-state index in [0.717, 1.165) is 69.1 Å². The lowest BCUT2D eigenvalue weighted by Gasteiger charge is -2.72. The molecule has 10 atom stereocenters. The third-order valence-corrected chi connectivity index (χ3v) is 14.1. The molecule has 0 radical (unpaired) electrons. The Balaban J connectivity index is 1.51. The zero-order valence-corrected chi connectivity index (χ0v) is 25.9. The molecule has 5 fully saturated rings. The lowest BCUT2D eigenvalue weighted by atomic mass is 9.32. The summed E-state index contributed by atoms with van der Waals surface area (Å²) in [5, 5.41) is 19.1. The van der Waals surface area contributed by atoms with Gasteiger partial charge < -0.3 is 20.0 Å². The average molecular weight is 556 g/mol. The van der Waals surface area contributed by atoms with Crippen LogP contribution in [0.2, 0.25) is 0 Å². The lowest BCUT2D eigenvalue weighted by Crippen LogP contribution is -2.67. The SMILES string of the molecule is C=C(CO)[C@@H]1CC[C@]2(COC(C)=O)CC[C@]3(C)[C@H](CC[C@@H]4[C@@]5(C)CCC(=N)C(C)(COC(C)=O)[C@@H]5CC[C@]43C)[C@@H]12. The van der Waals surface area contributed by atoms with Crippen molar-refractivity contribution in [2.24, 2.45) is 56.7 Å². The molecule has 6 heteroatoms. The maximum atomic E-state index is 11.9. The van der Waals surface area contributed by atoms with Crippen LogP contribution in [0.5, 0.6) is 0 Å². The van der Waals surface area contributed by atoms with Gasteiger partial charge >= 0.3 is 11.9 Å². The Kier molecular flexibility index (Phi) is 7.41. The van der Waals surface area contributed by atoms with E-state index in [4.69, 9.17) is 14.9 Å². The van der Waals surface area contributed by atoms with Gasteiger partial charge in [-0.1, -0.05) is 34.3 Å². The fourth-order valence-electron chi connectivity index (χ4n) is 11.9. The van der Waals surface area contributed by atoms with Crippen molar-refractivity contribution >= 4 is 17.7 Å². The predicted molar refractivity (Wildman–Crippen MR) is 156 cm³/mol. The van der Waals surface area contributed by atoms with Crippen molar-refractivity contribution < 1.29 is 24.2 Å². The molecule has 5 aliphatic carbocycles. The quantitative estimate of drug-likeness (QED) is 0.279. The summed E-state index contributed by atoms with van der Waals surface area (Å²) >= 11 is 0. The number of rotatable bonds is 6. The summed E-state index contributed by atoms with van der Waals surface area (Å²) in [6.45, 7) is 18.0. The van der Waals surface area contributed by atoms with Gasteiger partial charge in [0.25, 0.3) is 0 Å². The summed E-state index contributed by atoms with van der Waals surface area (Å²) in [5.74, 6) is 1.58. The van der Waals surface area contributed by atoms with Crippen LogP contribution in [0.4, 0.5) is 0 Å². The molecule has 40 heavy (non-hydrogen) atoms. The van der Waals surface area contributed by atoms with Crippen LogP contribution in [0, 0.1) is 62.1 Å². The Morgan fingerprint density at radius 2 is 1.55 bits per heavy atom. The van der Waals surface area contributed by atoms with Crippen LogP contribution in [0.25, 0.3) is 0 Å². The third kappa shape index (κ3) is 4.08. The molecular formula is C34H53NO5. The first-order valence-electron chi connectivity index (χ1n) is 15.8. The molecular weight excluding hydrogens is 502 g/mol. The molecule has 6 nitrogen and oxygen atoms in total. The van der Waals surface area contributed by atoms with E-state index in [-0.39, 0.29) is 46.1 Å². The first-order valence-corrected chi connectivity index (χ1v) is 15.8. The first kappa shape index (κ1) is 29.8. The highest BCUT2D eigenvalue weighted by atomic mass is 16.5. The summed E-state index contributed by atoms with van der Waals surface area (Å²) in [6.07, 6.45) is 10.6. The maximum Gasteiger partial charge on any atom is 0.302 e. The third-order valence-electron chi connectivity index (χ3n) is 14.1. The fraction of sp³-hybridized carbons (Fsp3) is 0.853. The van der Waals surface area contributed by atoms with Gasteiger partial charge in [0.15, 0.2) is 0 Å². The van der Waals surface area contributed by atoms with Crippen LogP contribution in [0.15, 0.2) is 12.2 Å².